The van der Waals surface area contributed by atoms with E-state index in [0.29, 0.717) is 13.2 Å². The summed E-state index contributed by atoms with van der Waals surface area (Å²) in [6.45, 7) is 4.96. The van der Waals surface area contributed by atoms with Crippen LogP contribution in [0.2, 0.25) is 0 Å². The van der Waals surface area contributed by atoms with Gasteiger partial charge in [0, 0.05) is 33.3 Å². The van der Waals surface area contributed by atoms with Crippen molar-refractivity contribution in [3.05, 3.63) is 114 Å². The molecule has 0 bridgehead atoms. The molecule has 0 saturated carbocycles. The van der Waals surface area contributed by atoms with E-state index in [0.717, 1.165) is 32.0 Å². The molecule has 0 aliphatic carbocycles. The second-order valence-corrected chi connectivity index (χ2v) is 8.86. The van der Waals surface area contributed by atoms with Crippen LogP contribution in [-0.2, 0) is 11.3 Å². The number of rotatable bonds is 9. The van der Waals surface area contributed by atoms with Gasteiger partial charge < -0.3 is 4.74 Å². The standard InChI is InChI=1S/C28H32N6O/c1-35-22-21-34-28(29-30-31-34)27(25-15-9-4-10-16-25)33-19-17-32(18-20-33)26(23-11-5-2-6-12-23)24-13-7-3-8-14-24/h2-16,26-27H,17-22H2,1H3/t27-/m0/s1. The predicted molar refractivity (Wildman–Crippen MR) is 136 cm³/mol. The van der Waals surface area contributed by atoms with Crippen molar-refractivity contribution < 1.29 is 4.74 Å². The number of ether oxygens (including phenoxy) is 1. The van der Waals surface area contributed by atoms with Gasteiger partial charge in [0.15, 0.2) is 5.82 Å². The molecule has 0 spiro atoms. The van der Waals surface area contributed by atoms with Crippen LogP contribution in [0, 0.1) is 0 Å². The molecule has 2 heterocycles. The zero-order valence-corrected chi connectivity index (χ0v) is 20.1. The maximum atomic E-state index is 5.29. The van der Waals surface area contributed by atoms with Crippen LogP contribution < -0.4 is 0 Å². The second kappa shape index (κ2) is 11.4. The summed E-state index contributed by atoms with van der Waals surface area (Å²) in [6, 6.07) is 32.4. The molecule has 35 heavy (non-hydrogen) atoms. The molecule has 7 nitrogen and oxygen atoms in total. The molecule has 5 rings (SSSR count). The largest absolute Gasteiger partial charge is 0.383 e. The van der Waals surface area contributed by atoms with Gasteiger partial charge in [0.25, 0.3) is 0 Å². The molecule has 1 aromatic heterocycles. The van der Waals surface area contributed by atoms with Crippen LogP contribution in [-0.4, -0.2) is 69.9 Å². The predicted octanol–water partition coefficient (Wildman–Crippen LogP) is 3.82. The highest BCUT2D eigenvalue weighted by atomic mass is 16.5. The summed E-state index contributed by atoms with van der Waals surface area (Å²) in [5, 5.41) is 12.7. The lowest BCUT2D eigenvalue weighted by molar-refractivity contribution is 0.0851. The monoisotopic (exact) mass is 468 g/mol. The number of hydrogen-bond donors (Lipinski definition) is 0. The van der Waals surface area contributed by atoms with Crippen molar-refractivity contribution in [2.24, 2.45) is 0 Å². The molecule has 1 fully saturated rings. The molecule has 1 aliphatic rings. The number of piperazine rings is 1. The Bertz CT molecular complexity index is 1120. The highest BCUT2D eigenvalue weighted by Crippen LogP contribution is 2.33. The fourth-order valence-corrected chi connectivity index (χ4v) is 5.04. The van der Waals surface area contributed by atoms with E-state index in [2.05, 4.69) is 116 Å². The summed E-state index contributed by atoms with van der Waals surface area (Å²) < 4.78 is 7.17. The summed E-state index contributed by atoms with van der Waals surface area (Å²) >= 11 is 0. The van der Waals surface area contributed by atoms with Crippen LogP contribution in [0.15, 0.2) is 91.0 Å². The van der Waals surface area contributed by atoms with E-state index in [1.165, 1.54) is 16.7 Å². The Balaban J connectivity index is 1.40. The quantitative estimate of drug-likeness (QED) is 0.372. The van der Waals surface area contributed by atoms with Crippen LogP contribution >= 0.6 is 0 Å². The first-order chi connectivity index (χ1) is 17.3. The molecule has 1 aliphatic heterocycles. The van der Waals surface area contributed by atoms with Crippen molar-refractivity contribution in [3.8, 4) is 0 Å². The van der Waals surface area contributed by atoms with Crippen LogP contribution in [0.3, 0.4) is 0 Å². The minimum Gasteiger partial charge on any atom is -0.383 e. The highest BCUT2D eigenvalue weighted by Gasteiger charge is 2.33. The summed E-state index contributed by atoms with van der Waals surface area (Å²) in [5.41, 5.74) is 3.86. The Hall–Kier alpha value is -3.39. The normalized spacial score (nSPS) is 15.9. The van der Waals surface area contributed by atoms with Crippen LogP contribution in [0.5, 0.6) is 0 Å². The van der Waals surface area contributed by atoms with Gasteiger partial charge in [-0.05, 0) is 27.1 Å². The fourth-order valence-electron chi connectivity index (χ4n) is 5.04. The number of aromatic nitrogens is 4. The van der Waals surface area contributed by atoms with Crippen LogP contribution in [0.4, 0.5) is 0 Å². The fraction of sp³-hybridized carbons (Fsp3) is 0.321. The number of benzene rings is 3. The van der Waals surface area contributed by atoms with Gasteiger partial charge in [-0.25, -0.2) is 4.68 Å². The lowest BCUT2D eigenvalue weighted by Gasteiger charge is -2.42. The van der Waals surface area contributed by atoms with Gasteiger partial charge >= 0.3 is 0 Å². The molecule has 1 atom stereocenters. The molecule has 180 valence electrons. The van der Waals surface area contributed by atoms with Crippen molar-refractivity contribution in [2.75, 3.05) is 39.9 Å². The van der Waals surface area contributed by atoms with Crippen LogP contribution in [0.25, 0.3) is 0 Å². The first-order valence-corrected chi connectivity index (χ1v) is 12.2. The average molecular weight is 469 g/mol. The molecule has 3 aromatic carbocycles. The van der Waals surface area contributed by atoms with E-state index in [1.54, 1.807) is 7.11 Å². The Morgan fingerprint density at radius 3 is 1.63 bits per heavy atom. The Kier molecular flexibility index (Phi) is 7.58. The minimum atomic E-state index is -0.00268. The summed E-state index contributed by atoms with van der Waals surface area (Å²) in [4.78, 5) is 5.10. The Morgan fingerprint density at radius 2 is 1.14 bits per heavy atom. The summed E-state index contributed by atoms with van der Waals surface area (Å²) in [6.07, 6.45) is 0. The van der Waals surface area contributed by atoms with E-state index in [9.17, 15) is 0 Å². The highest BCUT2D eigenvalue weighted by molar-refractivity contribution is 5.32. The number of nitrogens with zero attached hydrogens (tertiary/aromatic N) is 6. The molecular weight excluding hydrogens is 436 g/mol. The van der Waals surface area contributed by atoms with E-state index < -0.39 is 0 Å². The third kappa shape index (κ3) is 5.32. The molecule has 1 saturated heterocycles. The molecule has 0 radical (unpaired) electrons. The van der Waals surface area contributed by atoms with Gasteiger partial charge in [0.2, 0.25) is 0 Å². The number of tetrazole rings is 1. The van der Waals surface area contributed by atoms with Crippen molar-refractivity contribution in [3.63, 3.8) is 0 Å². The molecule has 7 heteroatoms. The van der Waals surface area contributed by atoms with Gasteiger partial charge in [-0.2, -0.15) is 0 Å². The van der Waals surface area contributed by atoms with Gasteiger partial charge in [0.05, 0.1) is 25.2 Å². The second-order valence-electron chi connectivity index (χ2n) is 8.86. The maximum absolute atomic E-state index is 5.29. The van der Waals surface area contributed by atoms with Crippen molar-refractivity contribution >= 4 is 0 Å². The smallest absolute Gasteiger partial charge is 0.173 e. The molecule has 4 aromatic rings. The SMILES string of the molecule is COCCn1nnnc1[C@H](c1ccccc1)N1CCN(C(c2ccccc2)c2ccccc2)CC1. The van der Waals surface area contributed by atoms with E-state index in [4.69, 9.17) is 4.74 Å². The van der Waals surface area contributed by atoms with E-state index in [-0.39, 0.29) is 12.1 Å². The van der Waals surface area contributed by atoms with Gasteiger partial charge in [-0.1, -0.05) is 91.0 Å². The molecule has 0 amide bonds. The molecular formula is C28H32N6O. The number of methoxy groups -OCH3 is 1. The first-order valence-electron chi connectivity index (χ1n) is 12.2. The Morgan fingerprint density at radius 1 is 0.686 bits per heavy atom. The molecule has 0 unspecified atom stereocenters. The summed E-state index contributed by atoms with van der Waals surface area (Å²) in [7, 11) is 1.70. The lowest BCUT2D eigenvalue weighted by Crippen LogP contribution is -2.49. The van der Waals surface area contributed by atoms with E-state index in [1.807, 2.05) is 4.68 Å². The summed E-state index contributed by atoms with van der Waals surface area (Å²) in [5.74, 6) is 0.865. The zero-order chi connectivity index (χ0) is 23.9. The van der Waals surface area contributed by atoms with Crippen LogP contribution in [0.1, 0.15) is 34.6 Å². The topological polar surface area (TPSA) is 59.3 Å². The van der Waals surface area contributed by atoms with Gasteiger partial charge in [0.1, 0.15) is 0 Å². The minimum absolute atomic E-state index is 0.00268. The average Bonchev–Trinajstić information content (AvgIpc) is 3.38. The van der Waals surface area contributed by atoms with Crippen molar-refractivity contribution in [1.82, 2.24) is 30.0 Å². The van der Waals surface area contributed by atoms with Crippen molar-refractivity contribution in [2.45, 2.75) is 18.6 Å². The van der Waals surface area contributed by atoms with Gasteiger partial charge in [-0.3, -0.25) is 9.80 Å². The number of hydrogen-bond acceptors (Lipinski definition) is 6. The molecule has 0 N–H and O–H groups in total. The first kappa shape index (κ1) is 23.4. The van der Waals surface area contributed by atoms with Crippen molar-refractivity contribution in [1.29, 1.82) is 0 Å². The van der Waals surface area contributed by atoms with Gasteiger partial charge in [-0.15, -0.1) is 5.10 Å². The third-order valence-corrected chi connectivity index (χ3v) is 6.74. The lowest BCUT2D eigenvalue weighted by atomic mass is 9.96. The third-order valence-electron chi connectivity index (χ3n) is 6.74. The Labute approximate surface area is 206 Å². The van der Waals surface area contributed by atoms with E-state index >= 15 is 0 Å². The zero-order valence-electron chi connectivity index (χ0n) is 20.1. The maximum Gasteiger partial charge on any atom is 0.173 e.